The minimum Gasteiger partial charge on any atom is -0.381 e. The van der Waals surface area contributed by atoms with E-state index in [0.29, 0.717) is 22.9 Å². The van der Waals surface area contributed by atoms with Crippen molar-refractivity contribution in [1.29, 1.82) is 0 Å². The lowest BCUT2D eigenvalue weighted by Gasteiger charge is -2.26. The molecule has 5 rings (SSSR count). The van der Waals surface area contributed by atoms with Crippen LogP contribution in [-0.2, 0) is 16.1 Å². The van der Waals surface area contributed by atoms with Crippen molar-refractivity contribution in [3.05, 3.63) is 34.7 Å². The average Bonchev–Trinajstić information content (AvgIpc) is 3.31. The maximum atomic E-state index is 13.4. The number of fused-ring (bicyclic) bond motifs is 3. The molecule has 28 heavy (non-hydrogen) atoms. The van der Waals surface area contributed by atoms with Gasteiger partial charge in [-0.2, -0.15) is 0 Å². The molecular weight excluding hydrogens is 383 g/mol. The Morgan fingerprint density at radius 1 is 1.21 bits per heavy atom. The van der Waals surface area contributed by atoms with Crippen molar-refractivity contribution in [3.63, 3.8) is 0 Å². The van der Waals surface area contributed by atoms with Gasteiger partial charge < -0.3 is 9.47 Å². The Morgan fingerprint density at radius 3 is 2.89 bits per heavy atom. The maximum absolute atomic E-state index is 13.4. The van der Waals surface area contributed by atoms with Gasteiger partial charge in [-0.25, -0.2) is 9.07 Å². The number of halogens is 2. The Balaban J connectivity index is 1.30. The van der Waals surface area contributed by atoms with E-state index in [9.17, 15) is 4.39 Å². The monoisotopic (exact) mass is 406 g/mol. The second-order valence-corrected chi connectivity index (χ2v) is 8.38. The van der Waals surface area contributed by atoms with Crippen LogP contribution in [0.5, 0.6) is 0 Å². The van der Waals surface area contributed by atoms with Gasteiger partial charge in [0, 0.05) is 31.9 Å². The largest absolute Gasteiger partial charge is 0.381 e. The minimum atomic E-state index is -0.359. The summed E-state index contributed by atoms with van der Waals surface area (Å²) in [6.07, 6.45) is 3.70. The molecule has 1 aromatic heterocycles. The minimum absolute atomic E-state index is 0.139. The van der Waals surface area contributed by atoms with Gasteiger partial charge in [-0.3, -0.25) is 4.90 Å². The van der Waals surface area contributed by atoms with Crippen LogP contribution >= 0.6 is 11.6 Å². The molecule has 0 unspecified atom stereocenters. The lowest BCUT2D eigenvalue weighted by atomic mass is 9.96. The number of ether oxygens (including phenoxy) is 2. The van der Waals surface area contributed by atoms with Crippen LogP contribution in [0.4, 0.5) is 4.39 Å². The fourth-order valence-electron chi connectivity index (χ4n) is 4.61. The summed E-state index contributed by atoms with van der Waals surface area (Å²) in [7, 11) is 0. The van der Waals surface area contributed by atoms with Crippen molar-refractivity contribution >= 4 is 11.6 Å². The molecule has 0 bridgehead atoms. The third-order valence-corrected chi connectivity index (χ3v) is 6.55. The van der Waals surface area contributed by atoms with Crippen LogP contribution in [0.15, 0.2) is 18.2 Å². The number of benzene rings is 1. The summed E-state index contributed by atoms with van der Waals surface area (Å²) in [6, 6.07) is 4.53. The molecule has 1 aromatic carbocycles. The highest BCUT2D eigenvalue weighted by Gasteiger charge is 2.40. The van der Waals surface area contributed by atoms with E-state index in [2.05, 4.69) is 15.2 Å². The molecule has 2 fully saturated rings. The van der Waals surface area contributed by atoms with E-state index >= 15 is 0 Å². The summed E-state index contributed by atoms with van der Waals surface area (Å²) in [5, 5.41) is 9.11. The van der Waals surface area contributed by atoms with Crippen LogP contribution in [0.3, 0.4) is 0 Å². The van der Waals surface area contributed by atoms with Gasteiger partial charge in [-0.05, 0) is 49.9 Å². The number of likely N-dealkylation sites (tertiary alicyclic amines) is 1. The summed E-state index contributed by atoms with van der Waals surface area (Å²) < 4.78 is 27.0. The Labute approximate surface area is 168 Å². The third-order valence-electron chi connectivity index (χ3n) is 6.23. The molecule has 2 atom stereocenters. The van der Waals surface area contributed by atoms with Crippen LogP contribution in [0.25, 0.3) is 11.3 Å². The lowest BCUT2D eigenvalue weighted by Crippen LogP contribution is -2.32. The first-order chi connectivity index (χ1) is 13.7. The Bertz CT molecular complexity index is 855. The van der Waals surface area contributed by atoms with Crippen molar-refractivity contribution in [2.45, 2.75) is 38.0 Å². The number of hydrogen-bond donors (Lipinski definition) is 0. The van der Waals surface area contributed by atoms with E-state index < -0.39 is 0 Å². The Kier molecular flexibility index (Phi) is 5.09. The molecule has 0 aliphatic carbocycles. The molecule has 0 radical (unpaired) electrons. The molecule has 0 N–H and O–H groups in total. The summed E-state index contributed by atoms with van der Waals surface area (Å²) in [5.74, 6) is 0.411. The zero-order chi connectivity index (χ0) is 19.1. The van der Waals surface area contributed by atoms with Crippen molar-refractivity contribution in [1.82, 2.24) is 19.9 Å². The van der Waals surface area contributed by atoms with Gasteiger partial charge in [0.15, 0.2) is 0 Å². The first-order valence-corrected chi connectivity index (χ1v) is 10.4. The normalized spacial score (nSPS) is 25.6. The first kappa shape index (κ1) is 18.5. The predicted octanol–water partition coefficient (Wildman–Crippen LogP) is 3.31. The quantitative estimate of drug-likeness (QED) is 0.779. The molecule has 6 nitrogen and oxygen atoms in total. The molecule has 4 heterocycles. The van der Waals surface area contributed by atoms with Gasteiger partial charge >= 0.3 is 0 Å². The fraction of sp³-hybridized carbons (Fsp3) is 0.600. The lowest BCUT2D eigenvalue weighted by molar-refractivity contribution is -0.00504. The highest BCUT2D eigenvalue weighted by molar-refractivity contribution is 6.33. The number of nitrogens with zero attached hydrogens (tertiary/aromatic N) is 4. The van der Waals surface area contributed by atoms with Gasteiger partial charge in [0.1, 0.15) is 11.5 Å². The number of aromatic nitrogens is 3. The molecule has 2 saturated heterocycles. The number of hydrogen-bond acceptors (Lipinski definition) is 5. The summed E-state index contributed by atoms with van der Waals surface area (Å²) in [6.45, 7) is 5.18. The first-order valence-electron chi connectivity index (χ1n) is 10.00. The standard InChI is InChI=1S/C20H24ClFN4O2/c21-16-9-14(22)1-2-15(16)20-18-12-28-19-11-25(10-17(19)26(18)24-23-20)6-3-13-4-7-27-8-5-13/h1-2,9,13,17,19H,3-8,10-12H2/t17-,19-/m1/s1. The van der Waals surface area contributed by atoms with E-state index in [4.69, 9.17) is 21.1 Å². The number of rotatable bonds is 4. The molecule has 0 spiro atoms. The van der Waals surface area contributed by atoms with E-state index in [1.807, 2.05) is 4.68 Å². The molecule has 0 amide bonds. The van der Waals surface area contributed by atoms with Crippen LogP contribution in [0, 0.1) is 11.7 Å². The topological polar surface area (TPSA) is 52.4 Å². The second kappa shape index (κ2) is 7.71. The predicted molar refractivity (Wildman–Crippen MR) is 103 cm³/mol. The molecular formula is C20H24ClFN4O2. The zero-order valence-corrected chi connectivity index (χ0v) is 16.4. The average molecular weight is 407 g/mol. The van der Waals surface area contributed by atoms with Crippen LogP contribution in [0.1, 0.15) is 31.0 Å². The third kappa shape index (κ3) is 3.45. The van der Waals surface area contributed by atoms with Gasteiger partial charge in [-0.1, -0.05) is 16.8 Å². The van der Waals surface area contributed by atoms with Crippen molar-refractivity contribution in [2.24, 2.45) is 5.92 Å². The van der Waals surface area contributed by atoms with Crippen molar-refractivity contribution < 1.29 is 13.9 Å². The van der Waals surface area contributed by atoms with Crippen molar-refractivity contribution in [2.75, 3.05) is 32.8 Å². The Morgan fingerprint density at radius 2 is 2.07 bits per heavy atom. The fourth-order valence-corrected chi connectivity index (χ4v) is 4.86. The van der Waals surface area contributed by atoms with Crippen LogP contribution in [-0.4, -0.2) is 58.8 Å². The molecule has 3 aliphatic rings. The van der Waals surface area contributed by atoms with Crippen molar-refractivity contribution in [3.8, 4) is 11.3 Å². The van der Waals surface area contributed by atoms with Gasteiger partial charge in [-0.15, -0.1) is 5.10 Å². The van der Waals surface area contributed by atoms with Gasteiger partial charge in [0.25, 0.3) is 0 Å². The van der Waals surface area contributed by atoms with Gasteiger partial charge in [0.05, 0.1) is 29.5 Å². The summed E-state index contributed by atoms with van der Waals surface area (Å²) in [4.78, 5) is 2.48. The molecule has 0 saturated carbocycles. The van der Waals surface area contributed by atoms with E-state index in [-0.39, 0.29) is 18.0 Å². The smallest absolute Gasteiger partial charge is 0.124 e. The molecule has 8 heteroatoms. The maximum Gasteiger partial charge on any atom is 0.124 e. The summed E-state index contributed by atoms with van der Waals surface area (Å²) in [5.41, 5.74) is 2.30. The summed E-state index contributed by atoms with van der Waals surface area (Å²) >= 11 is 6.24. The van der Waals surface area contributed by atoms with E-state index in [1.54, 1.807) is 6.07 Å². The van der Waals surface area contributed by atoms with Crippen LogP contribution < -0.4 is 0 Å². The molecule has 3 aliphatic heterocycles. The molecule has 150 valence electrons. The Hall–Kier alpha value is -1.54. The van der Waals surface area contributed by atoms with Crippen LogP contribution in [0.2, 0.25) is 5.02 Å². The SMILES string of the molecule is Fc1ccc(-c2nnn3c2CO[C@@H]2CN(CCC4CCOCC4)C[C@H]23)c(Cl)c1. The zero-order valence-electron chi connectivity index (χ0n) is 15.7. The van der Waals surface area contributed by atoms with Gasteiger partial charge in [0.2, 0.25) is 0 Å². The highest BCUT2D eigenvalue weighted by atomic mass is 35.5. The van der Waals surface area contributed by atoms with E-state index in [0.717, 1.165) is 44.5 Å². The highest BCUT2D eigenvalue weighted by Crippen LogP contribution is 2.36. The molecule has 2 aromatic rings. The van der Waals surface area contributed by atoms with E-state index in [1.165, 1.54) is 31.4 Å². The second-order valence-electron chi connectivity index (χ2n) is 7.97.